The van der Waals surface area contributed by atoms with Crippen LogP contribution in [0.15, 0.2) is 41.8 Å². The van der Waals surface area contributed by atoms with Gasteiger partial charge in [-0.3, -0.25) is 9.69 Å². The minimum Gasteiger partial charge on any atom is -0.339 e. The monoisotopic (exact) mass is 340 g/mol. The molecule has 0 bridgehead atoms. The first-order valence-electron chi connectivity index (χ1n) is 8.97. The normalized spacial score (nSPS) is 21.5. The van der Waals surface area contributed by atoms with Gasteiger partial charge in [-0.15, -0.1) is 11.3 Å². The van der Waals surface area contributed by atoms with Gasteiger partial charge in [0.25, 0.3) is 5.91 Å². The van der Waals surface area contributed by atoms with Gasteiger partial charge in [0.15, 0.2) is 0 Å². The first-order valence-corrected chi connectivity index (χ1v) is 9.85. The maximum Gasteiger partial charge on any atom is 0.253 e. The molecule has 3 nitrogen and oxygen atoms in total. The number of carbonyl (C=O) groups is 1. The van der Waals surface area contributed by atoms with E-state index in [1.807, 2.05) is 28.4 Å². The van der Waals surface area contributed by atoms with E-state index in [-0.39, 0.29) is 5.91 Å². The zero-order valence-electron chi connectivity index (χ0n) is 14.0. The molecule has 2 aliphatic rings. The molecule has 0 radical (unpaired) electrons. The Balaban J connectivity index is 1.42. The predicted molar refractivity (Wildman–Crippen MR) is 98.3 cm³/mol. The average molecular weight is 340 g/mol. The highest BCUT2D eigenvalue weighted by Gasteiger charge is 2.26. The van der Waals surface area contributed by atoms with Crippen molar-refractivity contribution in [1.82, 2.24) is 9.80 Å². The van der Waals surface area contributed by atoms with Crippen LogP contribution in [0.5, 0.6) is 0 Å². The topological polar surface area (TPSA) is 23.6 Å². The smallest absolute Gasteiger partial charge is 0.253 e. The molecule has 1 aromatic heterocycles. The molecule has 1 unspecified atom stereocenters. The van der Waals surface area contributed by atoms with Crippen LogP contribution in [0.2, 0.25) is 0 Å². The first-order chi connectivity index (χ1) is 11.8. The van der Waals surface area contributed by atoms with Crippen LogP contribution >= 0.6 is 11.3 Å². The second-order valence-electron chi connectivity index (χ2n) is 6.84. The minimum absolute atomic E-state index is 0.191. The van der Waals surface area contributed by atoms with E-state index in [1.165, 1.54) is 23.3 Å². The van der Waals surface area contributed by atoms with Crippen LogP contribution in [0.1, 0.15) is 52.5 Å². The summed E-state index contributed by atoms with van der Waals surface area (Å²) in [6, 6.07) is 13.2. The Bertz CT molecular complexity index is 674. The molecule has 0 saturated carbocycles. The molecule has 2 fully saturated rings. The van der Waals surface area contributed by atoms with Crippen molar-refractivity contribution in [2.75, 3.05) is 19.6 Å². The molecule has 2 saturated heterocycles. The van der Waals surface area contributed by atoms with Crippen LogP contribution in [0.3, 0.4) is 0 Å². The lowest BCUT2D eigenvalue weighted by molar-refractivity contribution is 0.0793. The Labute approximate surface area is 147 Å². The second-order valence-corrected chi connectivity index (χ2v) is 7.82. The van der Waals surface area contributed by atoms with Crippen LogP contribution in [-0.4, -0.2) is 35.3 Å². The summed E-state index contributed by atoms with van der Waals surface area (Å²) < 4.78 is 0. The van der Waals surface area contributed by atoms with Gasteiger partial charge in [-0.2, -0.15) is 0 Å². The third kappa shape index (κ3) is 3.26. The molecule has 4 rings (SSSR count). The van der Waals surface area contributed by atoms with E-state index in [2.05, 4.69) is 34.5 Å². The zero-order valence-corrected chi connectivity index (χ0v) is 14.8. The lowest BCUT2D eigenvalue weighted by atomic mass is 10.1. The molecular weight excluding hydrogens is 316 g/mol. The van der Waals surface area contributed by atoms with E-state index < -0.39 is 0 Å². The minimum atomic E-state index is 0.191. The molecule has 24 heavy (non-hydrogen) atoms. The Morgan fingerprint density at radius 1 is 1.04 bits per heavy atom. The number of hydrogen-bond acceptors (Lipinski definition) is 3. The van der Waals surface area contributed by atoms with Gasteiger partial charge >= 0.3 is 0 Å². The summed E-state index contributed by atoms with van der Waals surface area (Å²) in [6.45, 7) is 3.96. The van der Waals surface area contributed by atoms with Crippen molar-refractivity contribution in [3.05, 3.63) is 57.8 Å². The van der Waals surface area contributed by atoms with Gasteiger partial charge < -0.3 is 4.90 Å². The average Bonchev–Trinajstić information content (AvgIpc) is 3.36. The van der Waals surface area contributed by atoms with Crippen LogP contribution in [0.4, 0.5) is 0 Å². The number of amides is 1. The van der Waals surface area contributed by atoms with E-state index in [0.29, 0.717) is 6.04 Å². The van der Waals surface area contributed by atoms with E-state index in [4.69, 9.17) is 0 Å². The third-order valence-corrected chi connectivity index (χ3v) is 6.19. The molecule has 0 spiro atoms. The summed E-state index contributed by atoms with van der Waals surface area (Å²) in [6.07, 6.45) is 4.81. The SMILES string of the molecule is O=C(c1ccc(CN2CCCC2c2cccs2)cc1)N1CCCC1. The summed E-state index contributed by atoms with van der Waals surface area (Å²) in [7, 11) is 0. The van der Waals surface area contributed by atoms with E-state index in [0.717, 1.165) is 44.6 Å². The van der Waals surface area contributed by atoms with Crippen molar-refractivity contribution in [2.45, 2.75) is 38.3 Å². The summed E-state index contributed by atoms with van der Waals surface area (Å²) in [4.78, 5) is 18.5. The van der Waals surface area contributed by atoms with Crippen LogP contribution in [-0.2, 0) is 6.54 Å². The van der Waals surface area contributed by atoms with Gasteiger partial charge in [0, 0.05) is 36.1 Å². The number of carbonyl (C=O) groups excluding carboxylic acids is 1. The summed E-state index contributed by atoms with van der Waals surface area (Å²) >= 11 is 1.86. The van der Waals surface area contributed by atoms with Gasteiger partial charge in [0.2, 0.25) is 0 Å². The molecule has 1 atom stereocenters. The number of nitrogens with zero attached hydrogens (tertiary/aromatic N) is 2. The molecule has 0 aliphatic carbocycles. The van der Waals surface area contributed by atoms with E-state index in [1.54, 1.807) is 0 Å². The van der Waals surface area contributed by atoms with Gasteiger partial charge in [-0.25, -0.2) is 0 Å². The van der Waals surface area contributed by atoms with Crippen molar-refractivity contribution in [1.29, 1.82) is 0 Å². The van der Waals surface area contributed by atoms with E-state index in [9.17, 15) is 4.79 Å². The molecule has 2 aliphatic heterocycles. The number of benzene rings is 1. The van der Waals surface area contributed by atoms with Crippen LogP contribution in [0, 0.1) is 0 Å². The van der Waals surface area contributed by atoms with Gasteiger partial charge in [0.1, 0.15) is 0 Å². The van der Waals surface area contributed by atoms with E-state index >= 15 is 0 Å². The third-order valence-electron chi connectivity index (χ3n) is 5.22. The molecular formula is C20H24N2OS. The Morgan fingerprint density at radius 2 is 1.83 bits per heavy atom. The summed E-state index contributed by atoms with van der Waals surface area (Å²) in [5.74, 6) is 0.191. The van der Waals surface area contributed by atoms with Gasteiger partial charge in [-0.05, 0) is 61.4 Å². The molecule has 2 aromatic rings. The van der Waals surface area contributed by atoms with Crippen molar-refractivity contribution in [3.8, 4) is 0 Å². The van der Waals surface area contributed by atoms with Crippen LogP contribution < -0.4 is 0 Å². The number of thiophene rings is 1. The quantitative estimate of drug-likeness (QED) is 0.827. The Morgan fingerprint density at radius 3 is 2.54 bits per heavy atom. The fraction of sp³-hybridized carbons (Fsp3) is 0.450. The first kappa shape index (κ1) is 15.9. The van der Waals surface area contributed by atoms with Crippen molar-refractivity contribution >= 4 is 17.2 Å². The van der Waals surface area contributed by atoms with Gasteiger partial charge in [0.05, 0.1) is 0 Å². The zero-order chi connectivity index (χ0) is 16.4. The van der Waals surface area contributed by atoms with Crippen LogP contribution in [0.25, 0.3) is 0 Å². The molecule has 4 heteroatoms. The summed E-state index contributed by atoms with van der Waals surface area (Å²) in [5.41, 5.74) is 2.13. The maximum atomic E-state index is 12.4. The number of likely N-dealkylation sites (tertiary alicyclic amines) is 2. The molecule has 3 heterocycles. The molecule has 126 valence electrons. The fourth-order valence-electron chi connectivity index (χ4n) is 3.91. The second kappa shape index (κ2) is 7.08. The van der Waals surface area contributed by atoms with Gasteiger partial charge in [-0.1, -0.05) is 18.2 Å². The Kier molecular flexibility index (Phi) is 4.67. The number of hydrogen-bond donors (Lipinski definition) is 0. The maximum absolute atomic E-state index is 12.4. The summed E-state index contributed by atoms with van der Waals surface area (Å²) in [5, 5.41) is 2.17. The predicted octanol–water partition coefficient (Wildman–Crippen LogP) is 4.32. The Hall–Kier alpha value is -1.65. The highest BCUT2D eigenvalue weighted by Crippen LogP contribution is 2.35. The van der Waals surface area contributed by atoms with Crippen molar-refractivity contribution in [3.63, 3.8) is 0 Å². The van der Waals surface area contributed by atoms with Crippen molar-refractivity contribution in [2.24, 2.45) is 0 Å². The fourth-order valence-corrected chi connectivity index (χ4v) is 4.80. The lowest BCUT2D eigenvalue weighted by Crippen LogP contribution is -2.27. The molecule has 1 amide bonds. The molecule has 1 aromatic carbocycles. The molecule has 0 N–H and O–H groups in total. The number of rotatable bonds is 4. The standard InChI is InChI=1S/C20H24N2OS/c23-20(21-11-1-2-12-21)17-9-7-16(8-10-17)15-22-13-3-5-18(22)19-6-4-14-24-19/h4,6-10,14,18H,1-3,5,11-13,15H2. The van der Waals surface area contributed by atoms with Crippen molar-refractivity contribution < 1.29 is 4.79 Å². The lowest BCUT2D eigenvalue weighted by Gasteiger charge is -2.23. The highest BCUT2D eigenvalue weighted by atomic mass is 32.1. The highest BCUT2D eigenvalue weighted by molar-refractivity contribution is 7.10. The largest absolute Gasteiger partial charge is 0.339 e.